The number of rotatable bonds is 7. The molecule has 126 valence electrons. The second-order valence-corrected chi connectivity index (χ2v) is 6.08. The highest BCUT2D eigenvalue weighted by atomic mass is 16.2. The van der Waals surface area contributed by atoms with Crippen LogP contribution >= 0.6 is 0 Å². The van der Waals surface area contributed by atoms with Gasteiger partial charge in [-0.05, 0) is 44.1 Å². The first-order chi connectivity index (χ1) is 11.1. The molecule has 1 fully saturated rings. The number of piperidine rings is 1. The fraction of sp³-hybridized carbons (Fsp3) is 0.529. The van der Waals surface area contributed by atoms with Crippen molar-refractivity contribution in [3.63, 3.8) is 0 Å². The Kier molecular flexibility index (Phi) is 6.55. The lowest BCUT2D eigenvalue weighted by atomic mass is 9.97. The summed E-state index contributed by atoms with van der Waals surface area (Å²) in [6, 6.07) is 7.87. The number of carbonyl (C=O) groups excluding carboxylic acids is 2. The molecule has 0 saturated carbocycles. The second kappa shape index (κ2) is 8.64. The summed E-state index contributed by atoms with van der Waals surface area (Å²) in [5, 5.41) is 5.83. The zero-order chi connectivity index (χ0) is 16.7. The van der Waals surface area contributed by atoms with E-state index in [1.807, 2.05) is 31.3 Å². The maximum Gasteiger partial charge on any atom is 0.225 e. The SMILES string of the molecule is CNCCC(=O)Nc1ccc(CN2CCCC(C(N)=O)C2)cc1. The maximum absolute atomic E-state index is 11.7. The van der Waals surface area contributed by atoms with Crippen LogP contribution in [0.5, 0.6) is 0 Å². The van der Waals surface area contributed by atoms with Crippen LogP contribution in [0, 0.1) is 5.92 Å². The first-order valence-corrected chi connectivity index (χ1v) is 8.13. The molecule has 1 aromatic rings. The van der Waals surface area contributed by atoms with Gasteiger partial charge < -0.3 is 16.4 Å². The lowest BCUT2D eigenvalue weighted by Crippen LogP contribution is -2.40. The predicted octanol–water partition coefficient (Wildman–Crippen LogP) is 0.932. The fourth-order valence-electron chi connectivity index (χ4n) is 2.85. The van der Waals surface area contributed by atoms with Crippen molar-refractivity contribution in [1.82, 2.24) is 10.2 Å². The molecule has 6 heteroatoms. The molecule has 23 heavy (non-hydrogen) atoms. The molecule has 0 spiro atoms. The molecule has 1 aliphatic heterocycles. The van der Waals surface area contributed by atoms with Crippen molar-refractivity contribution in [3.05, 3.63) is 29.8 Å². The Morgan fingerprint density at radius 3 is 2.70 bits per heavy atom. The molecule has 0 bridgehead atoms. The van der Waals surface area contributed by atoms with E-state index in [4.69, 9.17) is 5.73 Å². The summed E-state index contributed by atoms with van der Waals surface area (Å²) in [6.45, 7) is 3.20. The van der Waals surface area contributed by atoms with E-state index in [1.165, 1.54) is 5.56 Å². The van der Waals surface area contributed by atoms with Crippen LogP contribution in [-0.2, 0) is 16.1 Å². The normalized spacial score (nSPS) is 18.6. The van der Waals surface area contributed by atoms with Gasteiger partial charge in [0.2, 0.25) is 11.8 Å². The second-order valence-electron chi connectivity index (χ2n) is 6.08. The van der Waals surface area contributed by atoms with Crippen LogP contribution in [0.1, 0.15) is 24.8 Å². The number of anilines is 1. The number of nitrogens with one attached hydrogen (secondary N) is 2. The predicted molar refractivity (Wildman–Crippen MR) is 90.8 cm³/mol. The number of hydrogen-bond donors (Lipinski definition) is 3. The molecule has 1 atom stereocenters. The monoisotopic (exact) mass is 318 g/mol. The summed E-state index contributed by atoms with van der Waals surface area (Å²) in [7, 11) is 1.82. The van der Waals surface area contributed by atoms with E-state index in [9.17, 15) is 9.59 Å². The van der Waals surface area contributed by atoms with Crippen molar-refractivity contribution in [1.29, 1.82) is 0 Å². The molecule has 2 rings (SSSR count). The first-order valence-electron chi connectivity index (χ1n) is 8.13. The minimum atomic E-state index is -0.200. The maximum atomic E-state index is 11.7. The van der Waals surface area contributed by atoms with Crippen molar-refractivity contribution in [2.45, 2.75) is 25.8 Å². The summed E-state index contributed by atoms with van der Waals surface area (Å²) >= 11 is 0. The van der Waals surface area contributed by atoms with Crippen LogP contribution in [0.15, 0.2) is 24.3 Å². The highest BCUT2D eigenvalue weighted by Crippen LogP contribution is 2.19. The number of likely N-dealkylation sites (tertiary alicyclic amines) is 1. The van der Waals surface area contributed by atoms with E-state index in [0.717, 1.165) is 38.2 Å². The third kappa shape index (κ3) is 5.65. The molecule has 1 unspecified atom stereocenters. The average Bonchev–Trinajstić information content (AvgIpc) is 2.55. The van der Waals surface area contributed by atoms with Crippen molar-refractivity contribution >= 4 is 17.5 Å². The van der Waals surface area contributed by atoms with Gasteiger partial charge in [0.25, 0.3) is 0 Å². The molecule has 0 radical (unpaired) electrons. The summed E-state index contributed by atoms with van der Waals surface area (Å²) in [6.07, 6.45) is 2.36. The topological polar surface area (TPSA) is 87.5 Å². The summed E-state index contributed by atoms with van der Waals surface area (Å²) in [5.74, 6) is -0.226. The van der Waals surface area contributed by atoms with E-state index in [1.54, 1.807) is 0 Å². The molecule has 1 aliphatic rings. The van der Waals surface area contributed by atoms with Crippen LogP contribution < -0.4 is 16.4 Å². The number of primary amides is 1. The smallest absolute Gasteiger partial charge is 0.225 e. The van der Waals surface area contributed by atoms with E-state index in [-0.39, 0.29) is 17.7 Å². The lowest BCUT2D eigenvalue weighted by Gasteiger charge is -2.31. The van der Waals surface area contributed by atoms with Crippen LogP contribution in [0.4, 0.5) is 5.69 Å². The molecule has 0 aliphatic carbocycles. The van der Waals surface area contributed by atoms with Crippen LogP contribution in [0.2, 0.25) is 0 Å². The molecule has 2 amide bonds. The van der Waals surface area contributed by atoms with Crippen LogP contribution in [0.3, 0.4) is 0 Å². The van der Waals surface area contributed by atoms with Crippen molar-refractivity contribution in [2.24, 2.45) is 11.7 Å². The fourth-order valence-corrected chi connectivity index (χ4v) is 2.85. The van der Waals surface area contributed by atoms with Crippen LogP contribution in [0.25, 0.3) is 0 Å². The third-order valence-electron chi connectivity index (χ3n) is 4.15. The van der Waals surface area contributed by atoms with Gasteiger partial charge in [-0.15, -0.1) is 0 Å². The van der Waals surface area contributed by atoms with Gasteiger partial charge in [0.15, 0.2) is 0 Å². The molecule has 6 nitrogen and oxygen atoms in total. The zero-order valence-corrected chi connectivity index (χ0v) is 13.7. The van der Waals surface area contributed by atoms with Gasteiger partial charge in [0.05, 0.1) is 5.92 Å². The summed E-state index contributed by atoms with van der Waals surface area (Å²) in [4.78, 5) is 25.3. The number of amides is 2. The average molecular weight is 318 g/mol. The van der Waals surface area contributed by atoms with E-state index >= 15 is 0 Å². The Morgan fingerprint density at radius 1 is 1.30 bits per heavy atom. The summed E-state index contributed by atoms with van der Waals surface area (Å²) < 4.78 is 0. The minimum Gasteiger partial charge on any atom is -0.369 e. The summed E-state index contributed by atoms with van der Waals surface area (Å²) in [5.41, 5.74) is 7.39. The Labute approximate surface area is 137 Å². The molecule has 1 saturated heterocycles. The Hall–Kier alpha value is -1.92. The first kappa shape index (κ1) is 17.4. The third-order valence-corrected chi connectivity index (χ3v) is 4.15. The molecular formula is C17H26N4O2. The molecule has 1 aromatic carbocycles. The number of nitrogens with two attached hydrogens (primary N) is 1. The van der Waals surface area contributed by atoms with Gasteiger partial charge in [0.1, 0.15) is 0 Å². The Bertz CT molecular complexity index is 530. The van der Waals surface area contributed by atoms with E-state index in [2.05, 4.69) is 15.5 Å². The highest BCUT2D eigenvalue weighted by Gasteiger charge is 2.23. The Balaban J connectivity index is 1.85. The van der Waals surface area contributed by atoms with Gasteiger partial charge in [-0.25, -0.2) is 0 Å². The zero-order valence-electron chi connectivity index (χ0n) is 13.7. The molecule has 4 N–H and O–H groups in total. The van der Waals surface area contributed by atoms with E-state index in [0.29, 0.717) is 13.0 Å². The van der Waals surface area contributed by atoms with Gasteiger partial charge in [-0.1, -0.05) is 12.1 Å². The number of carbonyl (C=O) groups is 2. The number of benzene rings is 1. The van der Waals surface area contributed by atoms with Crippen molar-refractivity contribution in [3.8, 4) is 0 Å². The van der Waals surface area contributed by atoms with Gasteiger partial charge in [-0.2, -0.15) is 0 Å². The molecular weight excluding hydrogens is 292 g/mol. The van der Waals surface area contributed by atoms with E-state index < -0.39 is 0 Å². The van der Waals surface area contributed by atoms with Gasteiger partial charge in [0, 0.05) is 31.7 Å². The Morgan fingerprint density at radius 2 is 2.04 bits per heavy atom. The minimum absolute atomic E-state index is 0.00688. The quantitative estimate of drug-likeness (QED) is 0.698. The number of nitrogens with zero attached hydrogens (tertiary/aromatic N) is 1. The lowest BCUT2D eigenvalue weighted by molar-refractivity contribution is -0.123. The van der Waals surface area contributed by atoms with Crippen molar-refractivity contribution in [2.75, 3.05) is 32.0 Å². The molecule has 1 heterocycles. The molecule has 0 aromatic heterocycles. The standard InChI is InChI=1S/C17H26N4O2/c1-19-9-8-16(22)20-15-6-4-13(5-7-15)11-21-10-2-3-14(12-21)17(18)23/h4-7,14,19H,2-3,8-12H2,1H3,(H2,18,23)(H,20,22). The van der Waals surface area contributed by atoms with Gasteiger partial charge in [-0.3, -0.25) is 14.5 Å². The van der Waals surface area contributed by atoms with Crippen LogP contribution in [-0.4, -0.2) is 43.4 Å². The highest BCUT2D eigenvalue weighted by molar-refractivity contribution is 5.90. The van der Waals surface area contributed by atoms with Crippen molar-refractivity contribution < 1.29 is 9.59 Å². The van der Waals surface area contributed by atoms with Gasteiger partial charge >= 0.3 is 0 Å². The largest absolute Gasteiger partial charge is 0.369 e. The number of hydrogen-bond acceptors (Lipinski definition) is 4.